The lowest BCUT2D eigenvalue weighted by Gasteiger charge is -2.20. The van der Waals surface area contributed by atoms with Gasteiger partial charge in [0.05, 0.1) is 26.4 Å². The maximum atomic E-state index is 8.49. The summed E-state index contributed by atoms with van der Waals surface area (Å²) in [6.45, 7) is 1.89. The van der Waals surface area contributed by atoms with Crippen LogP contribution in [0.5, 0.6) is 0 Å². The van der Waals surface area contributed by atoms with E-state index in [1.54, 1.807) is 0 Å². The molecule has 0 aromatic carbocycles. The SMILES string of the molecule is Cl.OCC1COCCO1. The van der Waals surface area contributed by atoms with E-state index in [1.165, 1.54) is 0 Å². The second-order valence-corrected chi connectivity index (χ2v) is 1.75. The number of halogens is 1. The van der Waals surface area contributed by atoms with E-state index in [0.717, 1.165) is 0 Å². The van der Waals surface area contributed by atoms with Gasteiger partial charge in [0.25, 0.3) is 0 Å². The van der Waals surface area contributed by atoms with E-state index in [-0.39, 0.29) is 25.1 Å². The van der Waals surface area contributed by atoms with Crippen molar-refractivity contribution in [1.82, 2.24) is 0 Å². The van der Waals surface area contributed by atoms with Crippen molar-refractivity contribution in [2.24, 2.45) is 0 Å². The van der Waals surface area contributed by atoms with Crippen LogP contribution in [0.2, 0.25) is 0 Å². The first-order chi connectivity index (χ1) is 3.93. The Kier molecular flexibility index (Phi) is 5.09. The van der Waals surface area contributed by atoms with Crippen LogP contribution in [0, 0.1) is 0 Å². The van der Waals surface area contributed by atoms with Crippen LogP contribution >= 0.6 is 12.4 Å². The van der Waals surface area contributed by atoms with E-state index in [1.807, 2.05) is 0 Å². The van der Waals surface area contributed by atoms with Gasteiger partial charge in [0.15, 0.2) is 0 Å². The zero-order chi connectivity index (χ0) is 5.82. The summed E-state index contributed by atoms with van der Waals surface area (Å²) in [5.41, 5.74) is 0. The number of aliphatic hydroxyl groups excluding tert-OH is 1. The summed E-state index contributed by atoms with van der Waals surface area (Å²) in [6.07, 6.45) is -0.0799. The standard InChI is InChI=1S/C5H10O3.ClH/c6-3-5-4-7-1-2-8-5;/h5-6H,1-4H2;1H. The average Bonchev–Trinajstić information content (AvgIpc) is 1.90. The molecular formula is C5H11ClO3. The molecule has 1 aliphatic rings. The number of ether oxygens (including phenoxy) is 2. The van der Waals surface area contributed by atoms with Crippen LogP contribution < -0.4 is 0 Å². The molecule has 1 rings (SSSR count). The quantitative estimate of drug-likeness (QED) is 0.570. The highest BCUT2D eigenvalue weighted by molar-refractivity contribution is 5.85. The van der Waals surface area contributed by atoms with Crippen molar-refractivity contribution < 1.29 is 14.6 Å². The minimum absolute atomic E-state index is 0. The monoisotopic (exact) mass is 154 g/mol. The van der Waals surface area contributed by atoms with Crippen molar-refractivity contribution in [3.63, 3.8) is 0 Å². The second kappa shape index (κ2) is 4.99. The predicted octanol–water partition coefficient (Wildman–Crippen LogP) is -0.184. The summed E-state index contributed by atoms with van der Waals surface area (Å²) < 4.78 is 10.0. The van der Waals surface area contributed by atoms with Crippen molar-refractivity contribution in [1.29, 1.82) is 0 Å². The molecule has 0 amide bonds. The fourth-order valence-electron chi connectivity index (χ4n) is 0.642. The van der Waals surface area contributed by atoms with Crippen LogP contribution in [0.25, 0.3) is 0 Å². The summed E-state index contributed by atoms with van der Waals surface area (Å²) in [5.74, 6) is 0. The zero-order valence-corrected chi connectivity index (χ0v) is 5.89. The van der Waals surface area contributed by atoms with Crippen molar-refractivity contribution in [2.75, 3.05) is 26.4 Å². The molecule has 3 nitrogen and oxygen atoms in total. The number of rotatable bonds is 1. The predicted molar refractivity (Wildman–Crippen MR) is 34.9 cm³/mol. The third-order valence-corrected chi connectivity index (χ3v) is 1.09. The molecule has 0 saturated carbocycles. The maximum Gasteiger partial charge on any atom is 0.104 e. The maximum absolute atomic E-state index is 8.49. The molecule has 1 heterocycles. The van der Waals surface area contributed by atoms with Gasteiger partial charge < -0.3 is 14.6 Å². The van der Waals surface area contributed by atoms with E-state index in [0.29, 0.717) is 19.8 Å². The number of hydrogen-bond donors (Lipinski definition) is 1. The van der Waals surface area contributed by atoms with E-state index in [4.69, 9.17) is 14.6 Å². The zero-order valence-electron chi connectivity index (χ0n) is 5.08. The highest BCUT2D eigenvalue weighted by Gasteiger charge is 2.11. The summed E-state index contributed by atoms with van der Waals surface area (Å²) in [6, 6.07) is 0. The molecule has 56 valence electrons. The molecule has 4 heteroatoms. The van der Waals surface area contributed by atoms with Crippen LogP contribution in [-0.2, 0) is 9.47 Å². The Morgan fingerprint density at radius 2 is 2.22 bits per heavy atom. The van der Waals surface area contributed by atoms with Gasteiger partial charge in [-0.3, -0.25) is 0 Å². The molecule has 0 spiro atoms. The van der Waals surface area contributed by atoms with Crippen LogP contribution in [0.3, 0.4) is 0 Å². The molecule has 1 atom stereocenters. The van der Waals surface area contributed by atoms with Crippen LogP contribution in [0.1, 0.15) is 0 Å². The third-order valence-electron chi connectivity index (χ3n) is 1.09. The molecule has 0 aromatic rings. The van der Waals surface area contributed by atoms with Gasteiger partial charge in [-0.25, -0.2) is 0 Å². The first kappa shape index (κ1) is 9.17. The Balaban J connectivity index is 0.000000640. The molecule has 9 heavy (non-hydrogen) atoms. The third kappa shape index (κ3) is 3.01. The Labute approximate surface area is 60.4 Å². The van der Waals surface area contributed by atoms with Crippen molar-refractivity contribution in [3.05, 3.63) is 0 Å². The van der Waals surface area contributed by atoms with Gasteiger partial charge in [0.2, 0.25) is 0 Å². The molecule has 0 radical (unpaired) electrons. The normalized spacial score (nSPS) is 27.0. The van der Waals surface area contributed by atoms with Crippen molar-refractivity contribution >= 4 is 12.4 Å². The molecule has 0 aromatic heterocycles. The van der Waals surface area contributed by atoms with Gasteiger partial charge in [-0.2, -0.15) is 0 Å². The summed E-state index contributed by atoms with van der Waals surface area (Å²) >= 11 is 0. The highest BCUT2D eigenvalue weighted by Crippen LogP contribution is 1.97. The molecule has 0 bridgehead atoms. The van der Waals surface area contributed by atoms with Gasteiger partial charge >= 0.3 is 0 Å². The molecule has 1 aliphatic heterocycles. The molecule has 1 N–H and O–H groups in total. The minimum atomic E-state index is -0.0799. The van der Waals surface area contributed by atoms with E-state index >= 15 is 0 Å². The molecule has 1 fully saturated rings. The van der Waals surface area contributed by atoms with Gasteiger partial charge in [-0.15, -0.1) is 12.4 Å². The molecular weight excluding hydrogens is 144 g/mol. The average molecular weight is 155 g/mol. The number of aliphatic hydroxyl groups is 1. The summed E-state index contributed by atoms with van der Waals surface area (Å²) in [4.78, 5) is 0. The second-order valence-electron chi connectivity index (χ2n) is 1.75. The van der Waals surface area contributed by atoms with Crippen molar-refractivity contribution in [2.45, 2.75) is 6.10 Å². The Bertz CT molecular complexity index is 63.2. The highest BCUT2D eigenvalue weighted by atomic mass is 35.5. The van der Waals surface area contributed by atoms with E-state index in [9.17, 15) is 0 Å². The Morgan fingerprint density at radius 1 is 1.44 bits per heavy atom. The fraction of sp³-hybridized carbons (Fsp3) is 1.00. The fourth-order valence-corrected chi connectivity index (χ4v) is 0.642. The van der Waals surface area contributed by atoms with Crippen molar-refractivity contribution in [3.8, 4) is 0 Å². The topological polar surface area (TPSA) is 38.7 Å². The Hall–Kier alpha value is 0.170. The minimum Gasteiger partial charge on any atom is -0.394 e. The lowest BCUT2D eigenvalue weighted by molar-refractivity contribution is -0.105. The summed E-state index contributed by atoms with van der Waals surface area (Å²) in [5, 5.41) is 8.49. The summed E-state index contributed by atoms with van der Waals surface area (Å²) in [7, 11) is 0. The van der Waals surface area contributed by atoms with Gasteiger partial charge in [-0.1, -0.05) is 0 Å². The molecule has 0 aliphatic carbocycles. The van der Waals surface area contributed by atoms with Crippen LogP contribution in [0.15, 0.2) is 0 Å². The molecule has 1 saturated heterocycles. The first-order valence-electron chi connectivity index (χ1n) is 2.73. The van der Waals surface area contributed by atoms with Gasteiger partial charge in [-0.05, 0) is 0 Å². The van der Waals surface area contributed by atoms with E-state index < -0.39 is 0 Å². The van der Waals surface area contributed by atoms with E-state index in [2.05, 4.69) is 0 Å². The lowest BCUT2D eigenvalue weighted by Crippen LogP contribution is -2.31. The van der Waals surface area contributed by atoms with Crippen LogP contribution in [0.4, 0.5) is 0 Å². The van der Waals surface area contributed by atoms with Crippen LogP contribution in [-0.4, -0.2) is 37.6 Å². The molecule has 1 unspecified atom stereocenters. The largest absolute Gasteiger partial charge is 0.394 e. The smallest absolute Gasteiger partial charge is 0.104 e. The van der Waals surface area contributed by atoms with Gasteiger partial charge in [0, 0.05) is 0 Å². The first-order valence-corrected chi connectivity index (χ1v) is 2.73. The lowest BCUT2D eigenvalue weighted by atomic mass is 10.4. The Morgan fingerprint density at radius 3 is 2.56 bits per heavy atom. The van der Waals surface area contributed by atoms with Gasteiger partial charge in [0.1, 0.15) is 6.10 Å². The number of hydrogen-bond acceptors (Lipinski definition) is 3.